The standard InChI is InChI=1S/C25H30F4O5SSi/c1-15(2)24(16(3)4,17(5)6)36-11-10-20-21(26)9-8-18-12-19(33-14-32-7)13-22(23(18)20)34-35(30,31)25(27,28)29/h8-9,12-13,15-17H,14H2,1-7H3. The van der Waals surface area contributed by atoms with Gasteiger partial charge in [-0.2, -0.15) is 21.6 Å². The molecule has 198 valence electrons. The summed E-state index contributed by atoms with van der Waals surface area (Å²) in [5.41, 5.74) is -2.89. The predicted molar refractivity (Wildman–Crippen MR) is 132 cm³/mol. The van der Waals surface area contributed by atoms with Gasteiger partial charge in [0, 0.05) is 18.6 Å². The third-order valence-corrected chi connectivity index (χ3v) is 9.54. The van der Waals surface area contributed by atoms with Crippen molar-refractivity contribution < 1.29 is 39.6 Å². The number of fused-ring (bicyclic) bond motifs is 1. The monoisotopic (exact) mass is 546 g/mol. The Labute approximate surface area is 212 Å². The van der Waals surface area contributed by atoms with Crippen LogP contribution in [0.15, 0.2) is 24.3 Å². The van der Waals surface area contributed by atoms with Gasteiger partial charge in [0.2, 0.25) is 0 Å². The van der Waals surface area contributed by atoms with E-state index in [1.54, 1.807) is 0 Å². The zero-order valence-corrected chi connectivity index (χ0v) is 23.0. The third-order valence-electron chi connectivity index (χ3n) is 6.16. The van der Waals surface area contributed by atoms with Crippen molar-refractivity contribution >= 4 is 30.4 Å². The molecule has 2 aromatic rings. The molecule has 0 aromatic heterocycles. The highest BCUT2D eigenvalue weighted by Crippen LogP contribution is 2.49. The van der Waals surface area contributed by atoms with E-state index in [0.29, 0.717) is 0 Å². The van der Waals surface area contributed by atoms with E-state index < -0.39 is 27.2 Å². The van der Waals surface area contributed by atoms with Gasteiger partial charge in [-0.15, -0.1) is 5.54 Å². The number of methoxy groups -OCH3 is 1. The number of hydrogen-bond donors (Lipinski definition) is 0. The Morgan fingerprint density at radius 1 is 1.00 bits per heavy atom. The van der Waals surface area contributed by atoms with Crippen LogP contribution in [-0.4, -0.2) is 37.3 Å². The SMILES string of the molecule is COCOc1cc(OS(=O)(=O)C(F)(F)F)c2c(C#C[Si]C(C(C)C)(C(C)C)C(C)C)c(F)ccc2c1. The molecule has 0 heterocycles. The molecular formula is C25H30F4O5SSi. The van der Waals surface area contributed by atoms with Crippen molar-refractivity contribution in [2.45, 2.75) is 52.1 Å². The van der Waals surface area contributed by atoms with E-state index in [1.165, 1.54) is 19.2 Å². The van der Waals surface area contributed by atoms with E-state index in [9.17, 15) is 26.0 Å². The van der Waals surface area contributed by atoms with E-state index in [4.69, 9.17) is 9.47 Å². The number of benzene rings is 2. The first-order chi connectivity index (χ1) is 16.6. The van der Waals surface area contributed by atoms with Gasteiger partial charge in [-0.25, -0.2) is 4.39 Å². The van der Waals surface area contributed by atoms with Gasteiger partial charge in [0.1, 0.15) is 11.6 Å². The quantitative estimate of drug-likeness (QED) is 0.0919. The zero-order chi connectivity index (χ0) is 27.5. The van der Waals surface area contributed by atoms with Crippen LogP contribution in [0.4, 0.5) is 17.6 Å². The van der Waals surface area contributed by atoms with Crippen LogP contribution in [-0.2, 0) is 14.9 Å². The average Bonchev–Trinajstić information content (AvgIpc) is 2.74. The Balaban J connectivity index is 2.76. The van der Waals surface area contributed by atoms with Crippen molar-refractivity contribution in [3.05, 3.63) is 35.6 Å². The van der Waals surface area contributed by atoms with Gasteiger partial charge in [0.25, 0.3) is 0 Å². The molecule has 0 saturated carbocycles. The van der Waals surface area contributed by atoms with Crippen LogP contribution in [0.3, 0.4) is 0 Å². The molecule has 0 aliphatic rings. The lowest BCUT2D eigenvalue weighted by atomic mass is 9.76. The normalized spacial score (nSPS) is 12.8. The second kappa shape index (κ2) is 11.4. The van der Waals surface area contributed by atoms with Crippen molar-refractivity contribution in [1.29, 1.82) is 0 Å². The first-order valence-corrected chi connectivity index (χ1v) is 13.7. The molecule has 0 amide bonds. The summed E-state index contributed by atoms with van der Waals surface area (Å²) in [6, 6.07) is 4.75. The summed E-state index contributed by atoms with van der Waals surface area (Å²) < 4.78 is 92.4. The smallest absolute Gasteiger partial charge is 0.467 e. The van der Waals surface area contributed by atoms with Crippen LogP contribution in [0, 0.1) is 35.0 Å². The number of alkyl halides is 3. The number of hydrogen-bond acceptors (Lipinski definition) is 5. The van der Waals surface area contributed by atoms with Gasteiger partial charge in [-0.05, 0) is 40.3 Å². The molecule has 0 fully saturated rings. The van der Waals surface area contributed by atoms with Crippen LogP contribution in [0.1, 0.15) is 47.1 Å². The van der Waals surface area contributed by atoms with Gasteiger partial charge in [-0.1, -0.05) is 53.5 Å². The third kappa shape index (κ3) is 6.15. The minimum atomic E-state index is -6.04. The minimum Gasteiger partial charge on any atom is -0.467 e. The molecular weight excluding hydrogens is 516 g/mol. The maximum Gasteiger partial charge on any atom is 0.534 e. The van der Waals surface area contributed by atoms with Crippen molar-refractivity contribution in [2.24, 2.45) is 17.8 Å². The van der Waals surface area contributed by atoms with Crippen molar-refractivity contribution in [3.63, 3.8) is 0 Å². The van der Waals surface area contributed by atoms with E-state index in [0.717, 1.165) is 12.1 Å². The molecule has 5 nitrogen and oxygen atoms in total. The van der Waals surface area contributed by atoms with Crippen LogP contribution < -0.4 is 8.92 Å². The Bertz CT molecular complexity index is 1220. The molecule has 0 bridgehead atoms. The maximum atomic E-state index is 15.0. The largest absolute Gasteiger partial charge is 0.534 e. The van der Waals surface area contributed by atoms with Gasteiger partial charge in [0.15, 0.2) is 22.1 Å². The Hall–Kier alpha value is -2.29. The molecule has 0 unspecified atom stereocenters. The summed E-state index contributed by atoms with van der Waals surface area (Å²) in [6.07, 6.45) is 0. The molecule has 2 aromatic carbocycles. The molecule has 0 N–H and O–H groups in total. The average molecular weight is 547 g/mol. The highest BCUT2D eigenvalue weighted by molar-refractivity contribution is 7.88. The topological polar surface area (TPSA) is 61.8 Å². The summed E-state index contributed by atoms with van der Waals surface area (Å²) in [6.45, 7) is 12.3. The maximum absolute atomic E-state index is 15.0. The Kier molecular flexibility index (Phi) is 9.48. The van der Waals surface area contributed by atoms with Crippen LogP contribution >= 0.6 is 0 Å². The molecule has 2 radical (unpaired) electrons. The van der Waals surface area contributed by atoms with Crippen LogP contribution in [0.25, 0.3) is 10.8 Å². The molecule has 0 spiro atoms. The molecule has 0 aliphatic carbocycles. The lowest BCUT2D eigenvalue weighted by Crippen LogP contribution is -2.36. The highest BCUT2D eigenvalue weighted by atomic mass is 32.2. The second-order valence-electron chi connectivity index (χ2n) is 9.25. The second-order valence-corrected chi connectivity index (χ2v) is 12.2. The Morgan fingerprint density at radius 2 is 1.58 bits per heavy atom. The Morgan fingerprint density at radius 3 is 2.08 bits per heavy atom. The fourth-order valence-corrected chi connectivity index (χ4v) is 6.31. The summed E-state index contributed by atoms with van der Waals surface area (Å²) >= 11 is 0. The zero-order valence-electron chi connectivity index (χ0n) is 21.2. The van der Waals surface area contributed by atoms with E-state index in [-0.39, 0.29) is 61.2 Å². The van der Waals surface area contributed by atoms with Gasteiger partial charge in [-0.3, -0.25) is 0 Å². The fourth-order valence-electron chi connectivity index (χ4n) is 4.57. The van der Waals surface area contributed by atoms with E-state index >= 15 is 0 Å². The van der Waals surface area contributed by atoms with Gasteiger partial charge in [0.05, 0.1) is 5.56 Å². The summed E-state index contributed by atoms with van der Waals surface area (Å²) in [5, 5.41) is -0.184. The number of ether oxygens (including phenoxy) is 2. The molecule has 11 heteroatoms. The first kappa shape index (κ1) is 29.9. The summed E-state index contributed by atoms with van der Waals surface area (Å²) in [7, 11) is -4.61. The molecule has 0 aliphatic heterocycles. The number of rotatable bonds is 9. The lowest BCUT2D eigenvalue weighted by Gasteiger charge is -2.43. The summed E-state index contributed by atoms with van der Waals surface area (Å²) in [5.74, 6) is 1.97. The molecule has 0 saturated heterocycles. The van der Waals surface area contributed by atoms with Crippen molar-refractivity contribution in [1.82, 2.24) is 0 Å². The van der Waals surface area contributed by atoms with E-state index in [1.807, 2.05) is 0 Å². The van der Waals surface area contributed by atoms with E-state index in [2.05, 4.69) is 57.2 Å². The highest BCUT2D eigenvalue weighted by Gasteiger charge is 2.49. The molecule has 0 atom stereocenters. The molecule has 36 heavy (non-hydrogen) atoms. The van der Waals surface area contributed by atoms with Gasteiger partial charge >= 0.3 is 15.6 Å². The van der Waals surface area contributed by atoms with Crippen molar-refractivity contribution in [2.75, 3.05) is 13.9 Å². The first-order valence-electron chi connectivity index (χ1n) is 11.2. The van der Waals surface area contributed by atoms with Gasteiger partial charge < -0.3 is 13.7 Å². The summed E-state index contributed by atoms with van der Waals surface area (Å²) in [4.78, 5) is 0. The van der Waals surface area contributed by atoms with Crippen LogP contribution in [0.5, 0.6) is 11.5 Å². The molecule has 2 rings (SSSR count). The fraction of sp³-hybridized carbons (Fsp3) is 0.520. The van der Waals surface area contributed by atoms with Crippen molar-refractivity contribution in [3.8, 4) is 23.0 Å². The van der Waals surface area contributed by atoms with Crippen LogP contribution in [0.2, 0.25) is 5.04 Å². The minimum absolute atomic E-state index is 0.0254. The number of halogens is 4. The predicted octanol–water partition coefficient (Wildman–Crippen LogP) is 6.33. The lowest BCUT2D eigenvalue weighted by molar-refractivity contribution is -0.0499.